The number of aromatic nitrogens is 2. The van der Waals surface area contributed by atoms with E-state index < -0.39 is 5.60 Å². The van der Waals surface area contributed by atoms with Crippen LogP contribution in [0.2, 0.25) is 0 Å². The van der Waals surface area contributed by atoms with Crippen LogP contribution in [0.25, 0.3) is 11.1 Å². The summed E-state index contributed by atoms with van der Waals surface area (Å²) in [5, 5.41) is 0. The van der Waals surface area contributed by atoms with Crippen LogP contribution in [-0.2, 0) is 4.74 Å². The Hall–Kier alpha value is -3.20. The summed E-state index contributed by atoms with van der Waals surface area (Å²) in [6.45, 7) is 9.04. The van der Waals surface area contributed by atoms with Crippen molar-refractivity contribution < 1.29 is 19.1 Å². The van der Waals surface area contributed by atoms with Gasteiger partial charge in [0, 0.05) is 55.7 Å². The van der Waals surface area contributed by atoms with Crippen molar-refractivity contribution in [2.24, 2.45) is 5.92 Å². The van der Waals surface area contributed by atoms with E-state index >= 15 is 0 Å². The van der Waals surface area contributed by atoms with Gasteiger partial charge in [0.05, 0.1) is 6.61 Å². The molecule has 37 heavy (non-hydrogen) atoms. The molecular formula is C28H39N5O4. The topological polar surface area (TPSA) is 88.1 Å². The molecule has 2 saturated heterocycles. The van der Waals surface area contributed by atoms with Gasteiger partial charge in [-0.15, -0.1) is 0 Å². The van der Waals surface area contributed by atoms with Crippen LogP contribution in [0.4, 0.5) is 4.79 Å². The van der Waals surface area contributed by atoms with Crippen LogP contribution in [-0.4, -0.2) is 95.2 Å². The molecule has 0 N–H and O–H groups in total. The summed E-state index contributed by atoms with van der Waals surface area (Å²) < 4.78 is 11.3. The molecule has 2 aliphatic heterocycles. The van der Waals surface area contributed by atoms with E-state index in [0.717, 1.165) is 43.5 Å². The first-order chi connectivity index (χ1) is 17.6. The van der Waals surface area contributed by atoms with Gasteiger partial charge in [-0.25, -0.2) is 14.8 Å². The second-order valence-corrected chi connectivity index (χ2v) is 11.2. The van der Waals surface area contributed by atoms with Crippen molar-refractivity contribution >= 4 is 12.0 Å². The number of benzene rings is 1. The lowest BCUT2D eigenvalue weighted by molar-refractivity contribution is 0.0163. The van der Waals surface area contributed by atoms with Gasteiger partial charge in [0.1, 0.15) is 5.60 Å². The Morgan fingerprint density at radius 2 is 1.57 bits per heavy atom. The molecule has 4 rings (SSSR count). The Morgan fingerprint density at radius 1 is 0.946 bits per heavy atom. The molecule has 1 aromatic carbocycles. The molecule has 0 bridgehead atoms. The number of piperidine rings is 1. The number of ether oxygens (including phenoxy) is 2. The van der Waals surface area contributed by atoms with Gasteiger partial charge in [0.2, 0.25) is 0 Å². The van der Waals surface area contributed by atoms with Crippen LogP contribution in [0, 0.1) is 5.92 Å². The summed E-state index contributed by atoms with van der Waals surface area (Å²) in [6, 6.07) is 8.37. The number of hydrogen-bond donors (Lipinski definition) is 0. The zero-order valence-electron chi connectivity index (χ0n) is 22.6. The fourth-order valence-corrected chi connectivity index (χ4v) is 4.68. The molecule has 1 atom stereocenters. The molecule has 9 heteroatoms. The summed E-state index contributed by atoms with van der Waals surface area (Å²) in [7, 11) is 4.12. The number of amides is 2. The van der Waals surface area contributed by atoms with Gasteiger partial charge in [-0.05, 0) is 77.7 Å². The molecule has 2 fully saturated rings. The minimum atomic E-state index is -0.483. The number of rotatable bonds is 6. The second-order valence-electron chi connectivity index (χ2n) is 11.2. The van der Waals surface area contributed by atoms with E-state index in [1.807, 2.05) is 49.9 Å². The lowest BCUT2D eigenvalue weighted by atomic mass is 9.98. The van der Waals surface area contributed by atoms with E-state index in [-0.39, 0.29) is 12.0 Å². The van der Waals surface area contributed by atoms with E-state index in [1.165, 1.54) is 0 Å². The maximum Gasteiger partial charge on any atom is 0.410 e. The Labute approximate surface area is 219 Å². The molecule has 0 aliphatic carbocycles. The Bertz CT molecular complexity index is 1060. The van der Waals surface area contributed by atoms with E-state index in [4.69, 9.17) is 9.47 Å². The van der Waals surface area contributed by atoms with Crippen molar-refractivity contribution in [1.82, 2.24) is 24.7 Å². The van der Waals surface area contributed by atoms with Gasteiger partial charge in [0.25, 0.3) is 5.91 Å². The van der Waals surface area contributed by atoms with Gasteiger partial charge >= 0.3 is 12.1 Å². The lowest BCUT2D eigenvalue weighted by Crippen LogP contribution is -2.42. The highest BCUT2D eigenvalue weighted by molar-refractivity contribution is 5.95. The van der Waals surface area contributed by atoms with Crippen LogP contribution in [0.1, 0.15) is 50.4 Å². The molecule has 2 aromatic rings. The van der Waals surface area contributed by atoms with Crippen LogP contribution >= 0.6 is 0 Å². The fraction of sp³-hybridized carbons (Fsp3) is 0.571. The number of carbonyl (C=O) groups excluding carboxylic acids is 2. The van der Waals surface area contributed by atoms with Gasteiger partial charge in [-0.3, -0.25) is 4.79 Å². The average molecular weight is 510 g/mol. The monoisotopic (exact) mass is 509 g/mol. The Balaban J connectivity index is 1.24. The van der Waals surface area contributed by atoms with E-state index in [1.54, 1.807) is 17.3 Å². The molecule has 0 saturated carbocycles. The minimum absolute atomic E-state index is 0.0767. The third-order valence-electron chi connectivity index (χ3n) is 6.99. The summed E-state index contributed by atoms with van der Waals surface area (Å²) >= 11 is 0. The molecule has 2 amide bonds. The summed E-state index contributed by atoms with van der Waals surface area (Å²) in [4.78, 5) is 39.7. The van der Waals surface area contributed by atoms with E-state index in [0.29, 0.717) is 43.2 Å². The highest BCUT2D eigenvalue weighted by atomic mass is 16.6. The molecular weight excluding hydrogens is 470 g/mol. The fourth-order valence-electron chi connectivity index (χ4n) is 4.68. The Kier molecular flexibility index (Phi) is 8.32. The number of nitrogens with zero attached hydrogens (tertiary/aromatic N) is 5. The van der Waals surface area contributed by atoms with Crippen molar-refractivity contribution in [2.45, 2.75) is 51.7 Å². The van der Waals surface area contributed by atoms with E-state index in [2.05, 4.69) is 29.0 Å². The first kappa shape index (κ1) is 26.9. The van der Waals surface area contributed by atoms with Gasteiger partial charge < -0.3 is 24.2 Å². The van der Waals surface area contributed by atoms with Gasteiger partial charge in [0.15, 0.2) is 0 Å². The molecule has 200 valence electrons. The highest BCUT2D eigenvalue weighted by Crippen LogP contribution is 2.23. The maximum atomic E-state index is 12.9. The molecule has 1 aromatic heterocycles. The SMILES string of the molecule is CN(C)C1CCN(C(=O)c2ccc(-c3cnc(OCC4CCN(C(=O)OC(C)(C)C)CC4)nc3)cc2)C1. The molecule has 0 radical (unpaired) electrons. The number of carbonyl (C=O) groups is 2. The summed E-state index contributed by atoms with van der Waals surface area (Å²) in [6.07, 6.45) is 5.95. The summed E-state index contributed by atoms with van der Waals surface area (Å²) in [5.74, 6) is 0.420. The third kappa shape index (κ3) is 7.19. The normalized spacial score (nSPS) is 18.8. The lowest BCUT2D eigenvalue weighted by Gasteiger charge is -2.33. The highest BCUT2D eigenvalue weighted by Gasteiger charge is 2.29. The number of likely N-dealkylation sites (tertiary alicyclic amines) is 2. The third-order valence-corrected chi connectivity index (χ3v) is 6.99. The number of likely N-dealkylation sites (N-methyl/N-ethyl adjacent to an activating group) is 1. The first-order valence-corrected chi connectivity index (χ1v) is 13.1. The first-order valence-electron chi connectivity index (χ1n) is 13.1. The molecule has 1 unspecified atom stereocenters. The van der Waals surface area contributed by atoms with Crippen molar-refractivity contribution in [3.63, 3.8) is 0 Å². The smallest absolute Gasteiger partial charge is 0.410 e. The van der Waals surface area contributed by atoms with Crippen LogP contribution in [0.15, 0.2) is 36.7 Å². The predicted octanol–water partition coefficient (Wildman–Crippen LogP) is 3.95. The zero-order valence-corrected chi connectivity index (χ0v) is 22.6. The standard InChI is InChI=1S/C28H39N5O4/c1-28(2,3)37-27(35)32-13-10-20(11-14-32)19-36-26-29-16-23(17-30-26)21-6-8-22(9-7-21)25(34)33-15-12-24(18-33)31(4)5/h6-9,16-17,20,24H,10-15,18-19H2,1-5H3. The van der Waals surface area contributed by atoms with Crippen molar-refractivity contribution in [3.05, 3.63) is 42.2 Å². The molecule has 2 aliphatic rings. The van der Waals surface area contributed by atoms with Gasteiger partial charge in [-0.2, -0.15) is 0 Å². The van der Waals surface area contributed by atoms with E-state index in [9.17, 15) is 9.59 Å². The number of hydrogen-bond acceptors (Lipinski definition) is 7. The molecule has 0 spiro atoms. The van der Waals surface area contributed by atoms with Crippen molar-refractivity contribution in [3.8, 4) is 17.1 Å². The quantitative estimate of drug-likeness (QED) is 0.583. The average Bonchev–Trinajstić information content (AvgIpc) is 3.38. The van der Waals surface area contributed by atoms with Crippen LogP contribution in [0.3, 0.4) is 0 Å². The minimum Gasteiger partial charge on any atom is -0.463 e. The van der Waals surface area contributed by atoms with Crippen LogP contribution in [0.5, 0.6) is 6.01 Å². The second kappa shape index (κ2) is 11.5. The molecule has 3 heterocycles. The summed E-state index contributed by atoms with van der Waals surface area (Å²) in [5.41, 5.74) is 2.03. The van der Waals surface area contributed by atoms with Crippen LogP contribution < -0.4 is 4.74 Å². The zero-order chi connectivity index (χ0) is 26.6. The predicted molar refractivity (Wildman–Crippen MR) is 141 cm³/mol. The maximum absolute atomic E-state index is 12.9. The van der Waals surface area contributed by atoms with Crippen molar-refractivity contribution in [2.75, 3.05) is 46.9 Å². The Morgan fingerprint density at radius 3 is 2.14 bits per heavy atom. The van der Waals surface area contributed by atoms with Gasteiger partial charge in [-0.1, -0.05) is 12.1 Å². The molecule has 9 nitrogen and oxygen atoms in total. The van der Waals surface area contributed by atoms with Crippen molar-refractivity contribution in [1.29, 1.82) is 0 Å². The largest absolute Gasteiger partial charge is 0.463 e.